The van der Waals surface area contributed by atoms with Crippen molar-refractivity contribution in [1.29, 1.82) is 0 Å². The van der Waals surface area contributed by atoms with Gasteiger partial charge >= 0.3 is 0 Å². The lowest BCUT2D eigenvalue weighted by Crippen LogP contribution is -2.54. The van der Waals surface area contributed by atoms with Gasteiger partial charge < -0.3 is 16.0 Å². The first-order valence-corrected chi connectivity index (χ1v) is 8.61. The van der Waals surface area contributed by atoms with Crippen molar-refractivity contribution in [3.05, 3.63) is 12.7 Å². The Balaban J connectivity index is 2.29. The minimum Gasteiger partial charge on any atom is -0.352 e. The van der Waals surface area contributed by atoms with Crippen molar-refractivity contribution >= 4 is 23.6 Å². The minimum absolute atomic E-state index is 0.00801. The molecule has 7 heteroatoms. The van der Waals surface area contributed by atoms with Crippen LogP contribution >= 0.6 is 11.8 Å². The maximum Gasteiger partial charge on any atom is 0.239 e. The van der Waals surface area contributed by atoms with Gasteiger partial charge in [0.15, 0.2) is 0 Å². The number of rotatable bonds is 8. The lowest BCUT2D eigenvalue weighted by Gasteiger charge is -2.35. The van der Waals surface area contributed by atoms with E-state index in [1.807, 2.05) is 11.2 Å². The number of hydrogen-bond acceptors (Lipinski definition) is 5. The summed E-state index contributed by atoms with van der Waals surface area (Å²) < 4.78 is 0. The fraction of sp³-hybridized carbons (Fsp3) is 0.714. The molecule has 2 amide bonds. The van der Waals surface area contributed by atoms with Gasteiger partial charge in [0.2, 0.25) is 11.8 Å². The van der Waals surface area contributed by atoms with Crippen LogP contribution in [0.15, 0.2) is 12.7 Å². The van der Waals surface area contributed by atoms with E-state index < -0.39 is 6.04 Å². The Morgan fingerprint density at radius 1 is 1.38 bits per heavy atom. The van der Waals surface area contributed by atoms with Crippen LogP contribution in [0, 0.1) is 0 Å². The molecule has 1 aliphatic heterocycles. The van der Waals surface area contributed by atoms with Gasteiger partial charge in [0, 0.05) is 32.7 Å². The van der Waals surface area contributed by atoms with E-state index in [0.29, 0.717) is 45.7 Å². The molecule has 1 rings (SSSR count). The highest BCUT2D eigenvalue weighted by molar-refractivity contribution is 7.98. The van der Waals surface area contributed by atoms with Crippen LogP contribution in [0.1, 0.15) is 6.42 Å². The van der Waals surface area contributed by atoms with E-state index in [2.05, 4.69) is 16.8 Å². The average molecular weight is 314 g/mol. The van der Waals surface area contributed by atoms with Crippen LogP contribution in [0.25, 0.3) is 0 Å². The fourth-order valence-corrected chi connectivity index (χ4v) is 2.66. The van der Waals surface area contributed by atoms with Crippen molar-refractivity contribution in [3.8, 4) is 0 Å². The van der Waals surface area contributed by atoms with Crippen LogP contribution in [0.4, 0.5) is 0 Å². The normalized spacial score (nSPS) is 17.3. The van der Waals surface area contributed by atoms with E-state index in [4.69, 9.17) is 5.73 Å². The van der Waals surface area contributed by atoms with E-state index in [-0.39, 0.29) is 11.8 Å². The van der Waals surface area contributed by atoms with E-state index in [1.54, 1.807) is 17.8 Å². The van der Waals surface area contributed by atoms with Crippen molar-refractivity contribution in [2.75, 3.05) is 51.3 Å². The molecule has 0 aromatic rings. The first-order valence-electron chi connectivity index (χ1n) is 7.21. The van der Waals surface area contributed by atoms with Crippen LogP contribution in [0.2, 0.25) is 0 Å². The van der Waals surface area contributed by atoms with Crippen molar-refractivity contribution in [1.82, 2.24) is 15.1 Å². The second-order valence-electron chi connectivity index (χ2n) is 5.08. The SMILES string of the molecule is C=CCNC(=O)CN1CCN(C(=O)[C@H](N)CCSC)CC1. The maximum absolute atomic E-state index is 12.2. The molecule has 0 unspecified atom stereocenters. The minimum atomic E-state index is -0.403. The molecule has 3 N–H and O–H groups in total. The molecule has 1 aliphatic rings. The standard InChI is InChI=1S/C14H26N4O2S/c1-3-5-16-13(19)11-17-6-8-18(9-7-17)14(20)12(15)4-10-21-2/h3,12H,1,4-11,15H2,2H3,(H,16,19)/t12-/m1/s1. The zero-order chi connectivity index (χ0) is 15.7. The van der Waals surface area contributed by atoms with Crippen molar-refractivity contribution in [3.63, 3.8) is 0 Å². The highest BCUT2D eigenvalue weighted by atomic mass is 32.2. The van der Waals surface area contributed by atoms with Crippen molar-refractivity contribution in [2.45, 2.75) is 12.5 Å². The second kappa shape index (κ2) is 9.81. The molecule has 0 aromatic carbocycles. The number of nitrogens with one attached hydrogen (secondary N) is 1. The van der Waals surface area contributed by atoms with Gasteiger partial charge in [0.05, 0.1) is 12.6 Å². The van der Waals surface area contributed by atoms with E-state index >= 15 is 0 Å². The number of nitrogens with two attached hydrogens (primary N) is 1. The summed E-state index contributed by atoms with van der Waals surface area (Å²) in [5.41, 5.74) is 5.91. The van der Waals surface area contributed by atoms with Gasteiger partial charge in [-0.2, -0.15) is 11.8 Å². The third-order valence-electron chi connectivity index (χ3n) is 3.44. The molecule has 0 aliphatic carbocycles. The quantitative estimate of drug-likeness (QED) is 0.591. The number of carbonyl (C=O) groups is 2. The van der Waals surface area contributed by atoms with Crippen molar-refractivity contribution < 1.29 is 9.59 Å². The third kappa shape index (κ3) is 6.50. The summed E-state index contributed by atoms with van der Waals surface area (Å²) in [7, 11) is 0. The molecule has 0 saturated carbocycles. The van der Waals surface area contributed by atoms with Crippen LogP contribution < -0.4 is 11.1 Å². The summed E-state index contributed by atoms with van der Waals surface area (Å²) in [6, 6.07) is -0.403. The molecular weight excluding hydrogens is 288 g/mol. The Morgan fingerprint density at radius 2 is 2.05 bits per heavy atom. The topological polar surface area (TPSA) is 78.7 Å². The number of amides is 2. The van der Waals surface area contributed by atoms with Crippen LogP contribution in [0.5, 0.6) is 0 Å². The lowest BCUT2D eigenvalue weighted by molar-refractivity contribution is -0.134. The summed E-state index contributed by atoms with van der Waals surface area (Å²) in [6.07, 6.45) is 4.38. The summed E-state index contributed by atoms with van der Waals surface area (Å²) in [5, 5.41) is 2.75. The molecule has 0 spiro atoms. The smallest absolute Gasteiger partial charge is 0.239 e. The largest absolute Gasteiger partial charge is 0.352 e. The van der Waals surface area contributed by atoms with Crippen LogP contribution in [0.3, 0.4) is 0 Å². The van der Waals surface area contributed by atoms with Gasteiger partial charge in [-0.05, 0) is 18.4 Å². The Bertz CT molecular complexity index is 357. The molecule has 0 radical (unpaired) electrons. The molecule has 120 valence electrons. The molecule has 6 nitrogen and oxygen atoms in total. The van der Waals surface area contributed by atoms with Gasteiger partial charge in [-0.3, -0.25) is 14.5 Å². The molecule has 1 fully saturated rings. The predicted octanol–water partition coefficient (Wildman–Crippen LogP) is -0.487. The Hall–Kier alpha value is -1.05. The molecule has 1 heterocycles. The first kappa shape index (κ1) is 18.0. The van der Waals surface area contributed by atoms with Gasteiger partial charge in [0.1, 0.15) is 0 Å². The molecule has 1 saturated heterocycles. The number of piperazine rings is 1. The monoisotopic (exact) mass is 314 g/mol. The second-order valence-corrected chi connectivity index (χ2v) is 6.07. The van der Waals surface area contributed by atoms with E-state index in [0.717, 1.165) is 5.75 Å². The molecule has 0 aromatic heterocycles. The molecule has 21 heavy (non-hydrogen) atoms. The number of nitrogens with zero attached hydrogens (tertiary/aromatic N) is 2. The van der Waals surface area contributed by atoms with Crippen LogP contribution in [-0.4, -0.2) is 78.9 Å². The number of carbonyl (C=O) groups excluding carboxylic acids is 2. The Kier molecular flexibility index (Phi) is 8.41. The van der Waals surface area contributed by atoms with Crippen LogP contribution in [-0.2, 0) is 9.59 Å². The first-order chi connectivity index (χ1) is 10.1. The number of hydrogen-bond donors (Lipinski definition) is 2. The van der Waals surface area contributed by atoms with Gasteiger partial charge in [-0.15, -0.1) is 6.58 Å². The third-order valence-corrected chi connectivity index (χ3v) is 4.09. The maximum atomic E-state index is 12.2. The molecule has 1 atom stereocenters. The predicted molar refractivity (Wildman–Crippen MR) is 87.2 cm³/mol. The summed E-state index contributed by atoms with van der Waals surface area (Å²) in [5.74, 6) is 0.919. The van der Waals surface area contributed by atoms with Gasteiger partial charge in [0.25, 0.3) is 0 Å². The van der Waals surface area contributed by atoms with E-state index in [1.165, 1.54) is 0 Å². The Morgan fingerprint density at radius 3 is 2.62 bits per heavy atom. The molecular formula is C14H26N4O2S. The van der Waals surface area contributed by atoms with Gasteiger partial charge in [-0.1, -0.05) is 6.08 Å². The summed E-state index contributed by atoms with van der Waals surface area (Å²) in [4.78, 5) is 27.6. The zero-order valence-electron chi connectivity index (χ0n) is 12.7. The highest BCUT2D eigenvalue weighted by Gasteiger charge is 2.25. The summed E-state index contributed by atoms with van der Waals surface area (Å²) in [6.45, 7) is 7.12. The fourth-order valence-electron chi connectivity index (χ4n) is 2.17. The number of thioether (sulfide) groups is 1. The highest BCUT2D eigenvalue weighted by Crippen LogP contribution is 2.06. The van der Waals surface area contributed by atoms with E-state index in [9.17, 15) is 9.59 Å². The zero-order valence-corrected chi connectivity index (χ0v) is 13.5. The average Bonchev–Trinajstić information content (AvgIpc) is 2.50. The Labute approximate surface area is 131 Å². The molecule has 0 bridgehead atoms. The van der Waals surface area contributed by atoms with Gasteiger partial charge in [-0.25, -0.2) is 0 Å². The lowest BCUT2D eigenvalue weighted by atomic mass is 10.2. The van der Waals surface area contributed by atoms with Crippen molar-refractivity contribution in [2.24, 2.45) is 5.73 Å². The summed E-state index contributed by atoms with van der Waals surface area (Å²) >= 11 is 1.70.